The first-order valence-corrected chi connectivity index (χ1v) is 14.2. The van der Waals surface area contributed by atoms with Crippen LogP contribution < -0.4 is 4.90 Å². The minimum absolute atomic E-state index is 0.126. The highest BCUT2D eigenvalue weighted by atomic mass is 16.5. The molecule has 5 heterocycles. The van der Waals surface area contributed by atoms with E-state index in [0.29, 0.717) is 25.0 Å². The van der Waals surface area contributed by atoms with Gasteiger partial charge < -0.3 is 14.5 Å². The highest BCUT2D eigenvalue weighted by Crippen LogP contribution is 2.45. The van der Waals surface area contributed by atoms with Crippen molar-refractivity contribution in [2.45, 2.75) is 57.0 Å². The van der Waals surface area contributed by atoms with Gasteiger partial charge in [-0.15, -0.1) is 0 Å². The highest BCUT2D eigenvalue weighted by molar-refractivity contribution is 5.74. The summed E-state index contributed by atoms with van der Waals surface area (Å²) in [5, 5.41) is 9.77. The third-order valence-corrected chi connectivity index (χ3v) is 8.94. The van der Waals surface area contributed by atoms with Gasteiger partial charge in [-0.05, 0) is 42.0 Å². The summed E-state index contributed by atoms with van der Waals surface area (Å²) < 4.78 is 9.90. The van der Waals surface area contributed by atoms with E-state index in [4.69, 9.17) is 9.84 Å². The van der Waals surface area contributed by atoms with Crippen LogP contribution in [0.25, 0.3) is 0 Å². The maximum absolute atomic E-state index is 12.4. The van der Waals surface area contributed by atoms with Crippen molar-refractivity contribution < 1.29 is 9.53 Å². The lowest BCUT2D eigenvalue weighted by Gasteiger charge is -2.39. The molecule has 1 aliphatic carbocycles. The van der Waals surface area contributed by atoms with E-state index < -0.39 is 0 Å². The van der Waals surface area contributed by atoms with E-state index in [1.807, 2.05) is 22.8 Å². The Labute approximate surface area is 229 Å². The van der Waals surface area contributed by atoms with Crippen LogP contribution in [-0.2, 0) is 29.5 Å². The van der Waals surface area contributed by atoms with Crippen LogP contribution in [0.5, 0.6) is 0 Å². The predicted octanol–water partition coefficient (Wildman–Crippen LogP) is 4.47. The lowest BCUT2D eigenvalue weighted by Crippen LogP contribution is -2.37. The van der Waals surface area contributed by atoms with Crippen LogP contribution in [0.3, 0.4) is 0 Å². The number of benzene rings is 1. The number of aromatic nitrogens is 4. The molecule has 1 fully saturated rings. The summed E-state index contributed by atoms with van der Waals surface area (Å²) in [6, 6.07) is 11.2. The smallest absolute Gasteiger partial charge is 0.219 e. The zero-order chi connectivity index (χ0) is 26.5. The average molecular weight is 525 g/mol. The topological polar surface area (TPSA) is 68.4 Å². The Morgan fingerprint density at radius 1 is 1.13 bits per heavy atom. The number of hydrogen-bond acceptors (Lipinski definition) is 5. The van der Waals surface area contributed by atoms with Crippen LogP contribution in [-0.4, -0.2) is 56.7 Å². The number of carbonyl (C=O) groups excluding carboxylic acids is 1. The Balaban J connectivity index is 1.32. The first-order chi connectivity index (χ1) is 19.0. The van der Waals surface area contributed by atoms with Gasteiger partial charge in [0.1, 0.15) is 0 Å². The zero-order valence-corrected chi connectivity index (χ0v) is 22.8. The summed E-state index contributed by atoms with van der Waals surface area (Å²) in [5.41, 5.74) is 7.84. The number of aryl methyl sites for hydroxylation is 1. The van der Waals surface area contributed by atoms with Crippen molar-refractivity contribution in [3.05, 3.63) is 88.5 Å². The molecule has 8 nitrogen and oxygen atoms in total. The Morgan fingerprint density at radius 3 is 2.74 bits per heavy atom. The second-order valence-corrected chi connectivity index (χ2v) is 11.4. The second-order valence-electron chi connectivity index (χ2n) is 11.4. The van der Waals surface area contributed by atoms with Crippen LogP contribution >= 0.6 is 0 Å². The van der Waals surface area contributed by atoms with Crippen LogP contribution in [0.4, 0.5) is 5.82 Å². The van der Waals surface area contributed by atoms with Gasteiger partial charge in [-0.3, -0.25) is 14.2 Å². The Bertz CT molecular complexity index is 1440. The Hall–Kier alpha value is -3.65. The SMILES string of the molecule is CC(=O)N1CCc2c(c(N3CC(c4ccccc4)CC4=C3C=CC(c3cnn(C)c3)C4)nn2[C@H]2CCOC2)C1. The van der Waals surface area contributed by atoms with E-state index in [-0.39, 0.29) is 11.9 Å². The molecule has 7 rings (SSSR count). The van der Waals surface area contributed by atoms with Crippen molar-refractivity contribution in [3.63, 3.8) is 0 Å². The average Bonchev–Trinajstić information content (AvgIpc) is 3.72. The van der Waals surface area contributed by atoms with Gasteiger partial charge in [-0.1, -0.05) is 36.4 Å². The fraction of sp³-hybridized carbons (Fsp3) is 0.452. The van der Waals surface area contributed by atoms with Crippen molar-refractivity contribution in [2.24, 2.45) is 7.05 Å². The largest absolute Gasteiger partial charge is 0.379 e. The van der Waals surface area contributed by atoms with E-state index in [1.54, 1.807) is 6.92 Å². The van der Waals surface area contributed by atoms with Gasteiger partial charge in [0.25, 0.3) is 0 Å². The Kier molecular flexibility index (Phi) is 6.15. The van der Waals surface area contributed by atoms with E-state index in [0.717, 1.165) is 51.2 Å². The number of carbonyl (C=O) groups is 1. The fourth-order valence-corrected chi connectivity index (χ4v) is 6.85. The molecule has 8 heteroatoms. The van der Waals surface area contributed by atoms with E-state index in [9.17, 15) is 4.79 Å². The molecule has 1 aromatic carbocycles. The van der Waals surface area contributed by atoms with Crippen molar-refractivity contribution in [3.8, 4) is 0 Å². The molecule has 3 aromatic rings. The standard InChI is InChI=1S/C31H36N6O2/c1-21(38)35-12-10-30-28(19-35)31(33-37(30)27-11-13-39-20-27)36-18-25(22-6-4-3-5-7-22)15-24-14-23(8-9-29(24)36)26-16-32-34(2)17-26/h3-9,16-17,23,25,27H,10-15,18-20H2,1-2H3/t23?,25?,27-/m0/s1. The molecule has 0 radical (unpaired) electrons. The van der Waals surface area contributed by atoms with E-state index in [2.05, 4.69) is 63.4 Å². The normalized spacial score (nSPS) is 24.7. The number of nitrogens with zero attached hydrogens (tertiary/aromatic N) is 6. The molecule has 3 aliphatic heterocycles. The summed E-state index contributed by atoms with van der Waals surface area (Å²) in [7, 11) is 1.98. The molecule has 0 bridgehead atoms. The number of amides is 1. The Morgan fingerprint density at radius 2 is 2.00 bits per heavy atom. The summed E-state index contributed by atoms with van der Waals surface area (Å²) in [6.07, 6.45) is 12.6. The number of hydrogen-bond donors (Lipinski definition) is 0. The lowest BCUT2D eigenvalue weighted by atomic mass is 9.79. The molecule has 2 aromatic heterocycles. The minimum Gasteiger partial charge on any atom is -0.379 e. The van der Waals surface area contributed by atoms with Crippen LogP contribution in [0, 0.1) is 0 Å². The van der Waals surface area contributed by atoms with Gasteiger partial charge >= 0.3 is 0 Å². The second kappa shape index (κ2) is 9.83. The van der Waals surface area contributed by atoms with E-state index in [1.165, 1.54) is 33.7 Å². The summed E-state index contributed by atoms with van der Waals surface area (Å²) in [4.78, 5) is 16.9. The lowest BCUT2D eigenvalue weighted by molar-refractivity contribution is -0.129. The van der Waals surface area contributed by atoms with E-state index >= 15 is 0 Å². The monoisotopic (exact) mass is 524 g/mol. The maximum atomic E-state index is 12.4. The van der Waals surface area contributed by atoms with Gasteiger partial charge in [0.15, 0.2) is 5.82 Å². The predicted molar refractivity (Wildman–Crippen MR) is 149 cm³/mol. The highest BCUT2D eigenvalue weighted by Gasteiger charge is 2.37. The summed E-state index contributed by atoms with van der Waals surface area (Å²) in [5.74, 6) is 1.83. The minimum atomic E-state index is 0.126. The zero-order valence-electron chi connectivity index (χ0n) is 22.8. The number of rotatable bonds is 4. The van der Waals surface area contributed by atoms with Gasteiger partial charge in [-0.2, -0.15) is 10.2 Å². The van der Waals surface area contributed by atoms with Crippen molar-refractivity contribution in [1.82, 2.24) is 24.5 Å². The first-order valence-electron chi connectivity index (χ1n) is 14.2. The molecule has 1 saturated heterocycles. The molecular weight excluding hydrogens is 488 g/mol. The van der Waals surface area contributed by atoms with Crippen molar-refractivity contribution in [1.29, 1.82) is 0 Å². The molecule has 2 unspecified atom stereocenters. The number of fused-ring (bicyclic) bond motifs is 1. The molecule has 0 N–H and O–H groups in total. The molecule has 4 aliphatic rings. The quantitative estimate of drug-likeness (QED) is 0.504. The van der Waals surface area contributed by atoms with Crippen molar-refractivity contribution in [2.75, 3.05) is 31.2 Å². The molecule has 39 heavy (non-hydrogen) atoms. The molecular formula is C31H36N6O2. The van der Waals surface area contributed by atoms with Gasteiger partial charge in [-0.25, -0.2) is 0 Å². The number of allylic oxidation sites excluding steroid dienone is 3. The van der Waals surface area contributed by atoms with Crippen LogP contribution in [0.15, 0.2) is 66.1 Å². The number of anilines is 1. The molecule has 202 valence electrons. The van der Waals surface area contributed by atoms with Gasteiger partial charge in [0, 0.05) is 75.1 Å². The molecule has 3 atom stereocenters. The van der Waals surface area contributed by atoms with Crippen LogP contribution in [0.1, 0.15) is 66.4 Å². The molecule has 1 amide bonds. The maximum Gasteiger partial charge on any atom is 0.219 e. The van der Waals surface area contributed by atoms with Gasteiger partial charge in [0.05, 0.1) is 25.4 Å². The molecule has 0 spiro atoms. The third-order valence-electron chi connectivity index (χ3n) is 8.94. The summed E-state index contributed by atoms with van der Waals surface area (Å²) >= 11 is 0. The van der Waals surface area contributed by atoms with Crippen molar-refractivity contribution >= 4 is 11.7 Å². The van der Waals surface area contributed by atoms with Crippen LogP contribution in [0.2, 0.25) is 0 Å². The van der Waals surface area contributed by atoms with Gasteiger partial charge in [0.2, 0.25) is 5.91 Å². The third kappa shape index (κ3) is 4.40. The molecule has 0 saturated carbocycles. The number of ether oxygens (including phenoxy) is 1. The summed E-state index contributed by atoms with van der Waals surface area (Å²) in [6.45, 7) is 5.39. The first kappa shape index (κ1) is 24.4. The fourth-order valence-electron chi connectivity index (χ4n) is 6.85.